The number of hydrogen-bond donors (Lipinski definition) is 0. The second-order valence-corrected chi connectivity index (χ2v) is 12.4. The Morgan fingerprint density at radius 1 is 0.422 bits per heavy atom. The molecule has 0 spiro atoms. The molecule has 0 aliphatic rings. The summed E-state index contributed by atoms with van der Waals surface area (Å²) in [6.45, 7) is 0. The van der Waals surface area contributed by atoms with Crippen LogP contribution in [0.4, 0.5) is 17.1 Å². The third-order valence-electron chi connectivity index (χ3n) is 8.66. The molecule has 0 amide bonds. The minimum atomic E-state index is 0.877. The Labute approximate surface area is 265 Å². The normalized spacial score (nSPS) is 11.6. The summed E-state index contributed by atoms with van der Waals surface area (Å²) in [6, 6.07) is 58.5. The SMILES string of the molecule is c1ccc(-c2cccc(N(c3ccc4c(c3)oc3ccccc34)c3c(-c4ccccc4)ccc4c3sc3ccccc34)c2)cc1. The van der Waals surface area contributed by atoms with E-state index in [2.05, 4.69) is 157 Å². The van der Waals surface area contributed by atoms with Gasteiger partial charge >= 0.3 is 0 Å². The first-order chi connectivity index (χ1) is 22.3. The van der Waals surface area contributed by atoms with E-state index in [-0.39, 0.29) is 0 Å². The summed E-state index contributed by atoms with van der Waals surface area (Å²) in [5.41, 5.74) is 9.82. The molecule has 0 N–H and O–H groups in total. The zero-order valence-corrected chi connectivity index (χ0v) is 25.2. The fourth-order valence-electron chi connectivity index (χ4n) is 6.56. The van der Waals surface area contributed by atoms with Gasteiger partial charge in [-0.2, -0.15) is 0 Å². The van der Waals surface area contributed by atoms with Gasteiger partial charge in [-0.25, -0.2) is 0 Å². The van der Waals surface area contributed by atoms with Gasteiger partial charge in [0.2, 0.25) is 0 Å². The molecular weight excluding hydrogens is 567 g/mol. The Kier molecular flexibility index (Phi) is 6.03. The van der Waals surface area contributed by atoms with Crippen molar-refractivity contribution in [3.05, 3.63) is 164 Å². The lowest BCUT2D eigenvalue weighted by atomic mass is 9.98. The van der Waals surface area contributed by atoms with Crippen LogP contribution in [0.25, 0.3) is 64.4 Å². The zero-order valence-electron chi connectivity index (χ0n) is 24.4. The molecule has 0 fully saturated rings. The molecular formula is C42H27NOS. The van der Waals surface area contributed by atoms with E-state index in [0.717, 1.165) is 33.3 Å². The quantitative estimate of drug-likeness (QED) is 0.197. The molecule has 2 nitrogen and oxygen atoms in total. The Bertz CT molecular complexity index is 2490. The molecule has 0 saturated heterocycles. The highest BCUT2D eigenvalue weighted by Crippen LogP contribution is 2.50. The number of para-hydroxylation sites is 1. The monoisotopic (exact) mass is 593 g/mol. The molecule has 45 heavy (non-hydrogen) atoms. The van der Waals surface area contributed by atoms with Gasteiger partial charge in [0.15, 0.2) is 0 Å². The summed E-state index contributed by atoms with van der Waals surface area (Å²) in [5.74, 6) is 0. The lowest BCUT2D eigenvalue weighted by molar-refractivity contribution is 0.669. The molecule has 0 bridgehead atoms. The van der Waals surface area contributed by atoms with Crippen LogP contribution in [0.15, 0.2) is 168 Å². The average Bonchev–Trinajstić information content (AvgIpc) is 3.68. The van der Waals surface area contributed by atoms with Crippen LogP contribution in [-0.2, 0) is 0 Å². The molecule has 2 aromatic heterocycles. The molecule has 9 rings (SSSR count). The molecule has 9 aromatic rings. The van der Waals surface area contributed by atoms with Crippen molar-refractivity contribution in [3.63, 3.8) is 0 Å². The van der Waals surface area contributed by atoms with Gasteiger partial charge in [-0.05, 0) is 53.1 Å². The van der Waals surface area contributed by atoms with E-state index in [9.17, 15) is 0 Å². The molecule has 0 saturated carbocycles. The topological polar surface area (TPSA) is 16.4 Å². The van der Waals surface area contributed by atoms with Gasteiger partial charge in [0, 0.05) is 49.2 Å². The van der Waals surface area contributed by atoms with Crippen LogP contribution in [-0.4, -0.2) is 0 Å². The molecule has 0 radical (unpaired) electrons. The number of thiophene rings is 1. The summed E-state index contributed by atoms with van der Waals surface area (Å²) in [5, 5.41) is 4.80. The number of rotatable bonds is 5. The third kappa shape index (κ3) is 4.32. The highest BCUT2D eigenvalue weighted by molar-refractivity contribution is 7.26. The minimum absolute atomic E-state index is 0.877. The smallest absolute Gasteiger partial charge is 0.137 e. The third-order valence-corrected chi connectivity index (χ3v) is 9.85. The zero-order chi connectivity index (χ0) is 29.7. The summed E-state index contributed by atoms with van der Waals surface area (Å²) in [7, 11) is 0. The van der Waals surface area contributed by atoms with Crippen LogP contribution in [0.3, 0.4) is 0 Å². The summed E-state index contributed by atoms with van der Waals surface area (Å²) >= 11 is 1.86. The lowest BCUT2D eigenvalue weighted by Crippen LogP contribution is -2.11. The summed E-state index contributed by atoms with van der Waals surface area (Å²) in [4.78, 5) is 2.43. The van der Waals surface area contributed by atoms with Gasteiger partial charge in [-0.15, -0.1) is 11.3 Å². The van der Waals surface area contributed by atoms with Crippen molar-refractivity contribution in [3.8, 4) is 22.3 Å². The van der Waals surface area contributed by atoms with E-state index < -0.39 is 0 Å². The van der Waals surface area contributed by atoms with Crippen molar-refractivity contribution in [2.75, 3.05) is 4.90 Å². The summed E-state index contributed by atoms with van der Waals surface area (Å²) < 4.78 is 8.97. The van der Waals surface area contributed by atoms with E-state index in [0.29, 0.717) is 0 Å². The maximum absolute atomic E-state index is 6.43. The van der Waals surface area contributed by atoms with Crippen molar-refractivity contribution in [2.24, 2.45) is 0 Å². The van der Waals surface area contributed by atoms with Crippen LogP contribution < -0.4 is 4.90 Å². The van der Waals surface area contributed by atoms with Gasteiger partial charge in [0.1, 0.15) is 11.2 Å². The van der Waals surface area contributed by atoms with Crippen LogP contribution in [0.1, 0.15) is 0 Å². The molecule has 212 valence electrons. The van der Waals surface area contributed by atoms with E-state index in [4.69, 9.17) is 4.42 Å². The predicted molar refractivity (Wildman–Crippen MR) is 192 cm³/mol. The van der Waals surface area contributed by atoms with Crippen molar-refractivity contribution >= 4 is 70.5 Å². The molecule has 0 unspecified atom stereocenters. The number of benzene rings is 7. The Morgan fingerprint density at radius 3 is 1.91 bits per heavy atom. The second kappa shape index (κ2) is 10.5. The molecule has 0 aliphatic heterocycles. The first-order valence-electron chi connectivity index (χ1n) is 15.2. The van der Waals surface area contributed by atoms with Crippen molar-refractivity contribution in [1.29, 1.82) is 0 Å². The molecule has 3 heteroatoms. The number of anilines is 3. The van der Waals surface area contributed by atoms with E-state index in [1.165, 1.54) is 48.1 Å². The highest BCUT2D eigenvalue weighted by Gasteiger charge is 2.24. The fraction of sp³-hybridized carbons (Fsp3) is 0. The van der Waals surface area contributed by atoms with Crippen LogP contribution >= 0.6 is 11.3 Å². The molecule has 0 aliphatic carbocycles. The lowest BCUT2D eigenvalue weighted by Gasteiger charge is -2.29. The van der Waals surface area contributed by atoms with E-state index in [1.54, 1.807) is 0 Å². The maximum Gasteiger partial charge on any atom is 0.137 e. The van der Waals surface area contributed by atoms with Crippen LogP contribution in [0.5, 0.6) is 0 Å². The van der Waals surface area contributed by atoms with Crippen LogP contribution in [0.2, 0.25) is 0 Å². The van der Waals surface area contributed by atoms with Crippen LogP contribution in [0, 0.1) is 0 Å². The van der Waals surface area contributed by atoms with Crippen molar-refractivity contribution < 1.29 is 4.42 Å². The highest BCUT2D eigenvalue weighted by atomic mass is 32.1. The molecule has 2 heterocycles. The predicted octanol–water partition coefficient (Wildman–Crippen LogP) is 12.8. The first kappa shape index (κ1) is 25.8. The number of fused-ring (bicyclic) bond motifs is 6. The number of furan rings is 1. The fourth-order valence-corrected chi connectivity index (χ4v) is 7.80. The second-order valence-electron chi connectivity index (χ2n) is 11.3. The van der Waals surface area contributed by atoms with Gasteiger partial charge in [-0.3, -0.25) is 0 Å². The average molecular weight is 594 g/mol. The largest absolute Gasteiger partial charge is 0.456 e. The maximum atomic E-state index is 6.43. The first-order valence-corrected chi connectivity index (χ1v) is 16.0. The van der Waals surface area contributed by atoms with E-state index in [1.807, 2.05) is 23.5 Å². The Morgan fingerprint density at radius 2 is 1.07 bits per heavy atom. The van der Waals surface area contributed by atoms with Gasteiger partial charge in [0.05, 0.1) is 10.4 Å². The molecule has 7 aromatic carbocycles. The van der Waals surface area contributed by atoms with Gasteiger partial charge in [0.25, 0.3) is 0 Å². The van der Waals surface area contributed by atoms with Crippen molar-refractivity contribution in [1.82, 2.24) is 0 Å². The summed E-state index contributed by atoms with van der Waals surface area (Å²) in [6.07, 6.45) is 0. The molecule has 0 atom stereocenters. The minimum Gasteiger partial charge on any atom is -0.456 e. The van der Waals surface area contributed by atoms with Crippen molar-refractivity contribution in [2.45, 2.75) is 0 Å². The Hall–Kier alpha value is -5.64. The van der Waals surface area contributed by atoms with E-state index >= 15 is 0 Å². The standard InChI is InChI=1S/C42H27NOS/c1-3-12-28(13-4-1)30-16-11-17-31(26-30)43(32-22-23-35-34-18-7-9-20-38(34)44-39(35)27-32)41-33(29-14-5-2-6-15-29)24-25-37-36-19-8-10-21-40(36)45-42(37)41/h1-27H. The van der Waals surface area contributed by atoms with Gasteiger partial charge in [-0.1, -0.05) is 121 Å². The number of nitrogens with zero attached hydrogens (tertiary/aromatic N) is 1. The number of hydrogen-bond acceptors (Lipinski definition) is 3. The Balaban J connectivity index is 1.38. The van der Waals surface area contributed by atoms with Gasteiger partial charge < -0.3 is 9.32 Å².